The number of carbonyl (C=O) groups excluding carboxylic acids is 2. The Balaban J connectivity index is 2.17. The molecule has 0 N–H and O–H groups in total. The van der Waals surface area contributed by atoms with Gasteiger partial charge in [0.25, 0.3) is 0 Å². The molecule has 136 valence electrons. The number of ether oxygens (including phenoxy) is 1. The van der Waals surface area contributed by atoms with Crippen LogP contribution in [0, 0.1) is 5.92 Å². The smallest absolute Gasteiger partial charge is 0.355 e. The molecule has 5 nitrogen and oxygen atoms in total. The van der Waals surface area contributed by atoms with Crippen molar-refractivity contribution < 1.29 is 18.8 Å². The van der Waals surface area contributed by atoms with Crippen LogP contribution in [0.5, 0.6) is 0 Å². The van der Waals surface area contributed by atoms with Gasteiger partial charge in [0.15, 0.2) is 8.32 Å². The number of hydrogen-bond donors (Lipinski definition) is 0. The molecule has 24 heavy (non-hydrogen) atoms. The van der Waals surface area contributed by atoms with Gasteiger partial charge in [-0.3, -0.25) is 9.69 Å². The van der Waals surface area contributed by atoms with Gasteiger partial charge >= 0.3 is 5.97 Å². The number of rotatable bonds is 4. The summed E-state index contributed by atoms with van der Waals surface area (Å²) in [5.74, 6) is -0.710. The zero-order chi connectivity index (χ0) is 18.4. The molecular formula is C16H27NO4S2Si. The van der Waals surface area contributed by atoms with Crippen LogP contribution in [0.25, 0.3) is 0 Å². The standard InChI is InChI=1S/C16H27NO4S2Si/c1-9(21-24(7,8)16(3,4)5)11-13(18)17-12(15(19)20-6)10(2)22-23-14(11)17/h9,11,14H,1-8H3/t9-,11-,14-/m1/s1. The van der Waals surface area contributed by atoms with Crippen molar-refractivity contribution in [1.29, 1.82) is 0 Å². The Hall–Kier alpha value is -0.443. The van der Waals surface area contributed by atoms with Crippen molar-refractivity contribution in [3.8, 4) is 0 Å². The maximum absolute atomic E-state index is 12.7. The largest absolute Gasteiger partial charge is 0.464 e. The summed E-state index contributed by atoms with van der Waals surface area (Å²) >= 11 is 0. The first-order valence-corrected chi connectivity index (χ1v) is 13.2. The van der Waals surface area contributed by atoms with Crippen LogP contribution in [0.1, 0.15) is 34.6 Å². The van der Waals surface area contributed by atoms with Gasteiger partial charge in [-0.1, -0.05) is 42.4 Å². The zero-order valence-corrected chi connectivity index (χ0v) is 18.3. The summed E-state index contributed by atoms with van der Waals surface area (Å²) in [4.78, 5) is 27.2. The Bertz CT molecular complexity index is 585. The van der Waals surface area contributed by atoms with E-state index in [-0.39, 0.29) is 28.3 Å². The monoisotopic (exact) mass is 389 g/mol. The SMILES string of the molecule is COC(=O)C1=C(C)SS[C@@H]2[C@H]([C@@H](C)O[Si](C)(C)C(C)(C)C)C(=O)N12. The maximum Gasteiger partial charge on any atom is 0.355 e. The highest BCUT2D eigenvalue weighted by Crippen LogP contribution is 2.53. The van der Waals surface area contributed by atoms with Crippen molar-refractivity contribution in [2.24, 2.45) is 5.92 Å². The summed E-state index contributed by atoms with van der Waals surface area (Å²) in [5.41, 5.74) is 0.382. The van der Waals surface area contributed by atoms with E-state index in [1.165, 1.54) is 17.9 Å². The Morgan fingerprint density at radius 3 is 2.42 bits per heavy atom. The Morgan fingerprint density at radius 2 is 1.92 bits per heavy atom. The van der Waals surface area contributed by atoms with Crippen molar-refractivity contribution >= 4 is 41.8 Å². The molecule has 8 heteroatoms. The predicted octanol–water partition coefficient (Wildman–Crippen LogP) is 3.98. The third-order valence-electron chi connectivity index (χ3n) is 5.10. The minimum Gasteiger partial charge on any atom is -0.464 e. The molecule has 1 fully saturated rings. The van der Waals surface area contributed by atoms with E-state index in [0.717, 1.165) is 4.91 Å². The molecule has 2 aliphatic rings. The number of carbonyl (C=O) groups is 2. The molecule has 0 aromatic carbocycles. The van der Waals surface area contributed by atoms with Gasteiger partial charge in [0.2, 0.25) is 5.91 Å². The Labute approximate surface area is 153 Å². The third-order valence-corrected chi connectivity index (χ3v) is 12.5. The van der Waals surface area contributed by atoms with E-state index >= 15 is 0 Å². The maximum atomic E-state index is 12.7. The van der Waals surface area contributed by atoms with Crippen molar-refractivity contribution in [1.82, 2.24) is 4.90 Å². The molecular weight excluding hydrogens is 362 g/mol. The molecule has 1 amide bonds. The first kappa shape index (κ1) is 19.9. The van der Waals surface area contributed by atoms with Crippen LogP contribution in [-0.2, 0) is 18.8 Å². The van der Waals surface area contributed by atoms with Crippen LogP contribution in [0.3, 0.4) is 0 Å². The van der Waals surface area contributed by atoms with E-state index in [2.05, 4.69) is 33.9 Å². The molecule has 0 bridgehead atoms. The first-order valence-electron chi connectivity index (χ1n) is 8.06. The molecule has 1 saturated heterocycles. The minimum atomic E-state index is -1.95. The molecule has 2 aliphatic heterocycles. The fraction of sp³-hybridized carbons (Fsp3) is 0.750. The summed E-state index contributed by atoms with van der Waals surface area (Å²) in [6.07, 6.45) is -0.162. The van der Waals surface area contributed by atoms with Crippen molar-refractivity contribution in [3.63, 3.8) is 0 Å². The molecule has 0 aromatic heterocycles. The molecule has 0 unspecified atom stereocenters. The molecule has 2 heterocycles. The van der Waals surface area contributed by atoms with Gasteiger partial charge in [-0.15, -0.1) is 0 Å². The van der Waals surface area contributed by atoms with Gasteiger partial charge in [-0.25, -0.2) is 4.79 Å². The average Bonchev–Trinajstić information content (AvgIpc) is 2.45. The molecule has 0 saturated carbocycles. The molecule has 2 rings (SSSR count). The van der Waals surface area contributed by atoms with Gasteiger partial charge in [-0.05, 0) is 32.0 Å². The van der Waals surface area contributed by atoms with E-state index in [1.807, 2.05) is 13.8 Å². The second kappa shape index (κ2) is 6.70. The minimum absolute atomic E-state index is 0.0428. The number of esters is 1. The normalized spacial score (nSPS) is 26.0. The van der Waals surface area contributed by atoms with E-state index in [9.17, 15) is 9.59 Å². The number of fused-ring (bicyclic) bond motifs is 1. The van der Waals surface area contributed by atoms with Gasteiger partial charge in [0, 0.05) is 4.91 Å². The third kappa shape index (κ3) is 3.30. The number of β-lactam (4-membered cyclic amide) rings is 1. The molecule has 0 spiro atoms. The topological polar surface area (TPSA) is 55.8 Å². The number of methoxy groups -OCH3 is 1. The van der Waals surface area contributed by atoms with Gasteiger partial charge < -0.3 is 9.16 Å². The summed E-state index contributed by atoms with van der Waals surface area (Å²) in [6.45, 7) is 14.8. The summed E-state index contributed by atoms with van der Waals surface area (Å²) in [6, 6.07) is 0. The summed E-state index contributed by atoms with van der Waals surface area (Å²) < 4.78 is 11.3. The molecule has 0 aliphatic carbocycles. The van der Waals surface area contributed by atoms with E-state index in [0.29, 0.717) is 5.70 Å². The van der Waals surface area contributed by atoms with Gasteiger partial charge in [-0.2, -0.15) is 0 Å². The van der Waals surface area contributed by atoms with Crippen LogP contribution in [0.15, 0.2) is 10.6 Å². The van der Waals surface area contributed by atoms with Gasteiger partial charge in [0.1, 0.15) is 11.1 Å². The van der Waals surface area contributed by atoms with Gasteiger partial charge in [0.05, 0.1) is 19.1 Å². The summed E-state index contributed by atoms with van der Waals surface area (Å²) in [5, 5.41) is 0.0237. The fourth-order valence-electron chi connectivity index (χ4n) is 2.64. The van der Waals surface area contributed by atoms with Crippen LogP contribution in [0.4, 0.5) is 0 Å². The van der Waals surface area contributed by atoms with Crippen LogP contribution in [-0.4, -0.2) is 43.7 Å². The molecule has 0 aromatic rings. The average molecular weight is 390 g/mol. The van der Waals surface area contributed by atoms with E-state index in [1.54, 1.807) is 15.7 Å². The lowest BCUT2D eigenvalue weighted by molar-refractivity contribution is -0.157. The molecule has 0 radical (unpaired) electrons. The number of hydrogen-bond acceptors (Lipinski definition) is 6. The number of nitrogens with zero attached hydrogens (tertiary/aromatic N) is 1. The summed E-state index contributed by atoms with van der Waals surface area (Å²) in [7, 11) is 2.55. The second-order valence-electron chi connectivity index (χ2n) is 7.78. The highest BCUT2D eigenvalue weighted by Gasteiger charge is 2.57. The van der Waals surface area contributed by atoms with Crippen molar-refractivity contribution in [2.75, 3.05) is 7.11 Å². The van der Waals surface area contributed by atoms with Crippen molar-refractivity contribution in [2.45, 2.75) is 64.2 Å². The first-order chi connectivity index (χ1) is 10.9. The lowest BCUT2D eigenvalue weighted by Crippen LogP contribution is -2.65. The van der Waals surface area contributed by atoms with E-state index < -0.39 is 14.3 Å². The highest BCUT2D eigenvalue weighted by molar-refractivity contribution is 8.78. The van der Waals surface area contributed by atoms with Crippen LogP contribution in [0.2, 0.25) is 18.1 Å². The number of allylic oxidation sites excluding steroid dienone is 1. The number of amides is 1. The zero-order valence-electron chi connectivity index (χ0n) is 15.6. The second-order valence-corrected chi connectivity index (χ2v) is 15.1. The molecule has 3 atom stereocenters. The Morgan fingerprint density at radius 1 is 1.33 bits per heavy atom. The highest BCUT2D eigenvalue weighted by atomic mass is 33.1. The van der Waals surface area contributed by atoms with Crippen LogP contribution >= 0.6 is 21.6 Å². The van der Waals surface area contributed by atoms with E-state index in [4.69, 9.17) is 9.16 Å². The predicted molar refractivity (Wildman–Crippen MR) is 102 cm³/mol. The van der Waals surface area contributed by atoms with Crippen LogP contribution < -0.4 is 0 Å². The fourth-order valence-corrected chi connectivity index (χ4v) is 6.91. The lowest BCUT2D eigenvalue weighted by atomic mass is 9.92. The van der Waals surface area contributed by atoms with Crippen molar-refractivity contribution in [3.05, 3.63) is 10.6 Å². The quantitative estimate of drug-likeness (QED) is 0.314. The Kier molecular flexibility index (Phi) is 5.55. The lowest BCUT2D eigenvalue weighted by Gasteiger charge is -2.52.